The van der Waals surface area contributed by atoms with E-state index >= 15 is 0 Å². The zero-order valence-electron chi connectivity index (χ0n) is 15.1. The summed E-state index contributed by atoms with van der Waals surface area (Å²) in [5.41, 5.74) is 5.90. The van der Waals surface area contributed by atoms with Crippen LogP contribution in [0.25, 0.3) is 10.9 Å². The van der Waals surface area contributed by atoms with Crippen LogP contribution in [0.3, 0.4) is 0 Å². The van der Waals surface area contributed by atoms with E-state index in [1.807, 2.05) is 25.2 Å². The predicted molar refractivity (Wildman–Crippen MR) is 104 cm³/mol. The molecule has 1 aromatic heterocycles. The maximum absolute atomic E-state index is 13.4. The van der Waals surface area contributed by atoms with Crippen molar-refractivity contribution >= 4 is 22.4 Å². The molecule has 0 saturated heterocycles. The Bertz CT molecular complexity index is 1040. The minimum atomic E-state index is -0.105. The van der Waals surface area contributed by atoms with Crippen molar-refractivity contribution < 1.29 is 9.53 Å². The minimum Gasteiger partial charge on any atom is -0.497 e. The summed E-state index contributed by atoms with van der Waals surface area (Å²) in [6.45, 7) is 0. The highest BCUT2D eigenvalue weighted by molar-refractivity contribution is 6.20. The van der Waals surface area contributed by atoms with Gasteiger partial charge in [-0.25, -0.2) is 0 Å². The smallest absolute Gasteiger partial charge is 0.195 e. The maximum Gasteiger partial charge on any atom is 0.195 e. The summed E-state index contributed by atoms with van der Waals surface area (Å²) in [4.78, 5) is 17.0. The molecule has 2 aliphatic carbocycles. The number of anilines is 1. The number of ether oxygens (including phenoxy) is 1. The molecule has 1 fully saturated rings. The van der Waals surface area contributed by atoms with Gasteiger partial charge in [0.05, 0.1) is 12.7 Å². The number of aromatic amines is 1. The van der Waals surface area contributed by atoms with Gasteiger partial charge in [-0.3, -0.25) is 4.79 Å². The third-order valence-electron chi connectivity index (χ3n) is 6.24. The zero-order valence-corrected chi connectivity index (χ0v) is 15.1. The standard InChI is InChI=1S/C22H22N2O2/c1-23-13-5-7-16-18(11-13)24-21-19(16)20(25)15-8-6-14(26-2)12-17(15)22(21)9-3-4-10-22/h5-8,11-12,23-24H,3-4,9-10H2,1-2H3. The molecule has 2 aliphatic rings. The number of carbonyl (C=O) groups is 1. The van der Waals surface area contributed by atoms with Crippen LogP contribution in [0.5, 0.6) is 5.75 Å². The van der Waals surface area contributed by atoms with E-state index in [-0.39, 0.29) is 11.2 Å². The molecular formula is C22H22N2O2. The van der Waals surface area contributed by atoms with Gasteiger partial charge in [0.15, 0.2) is 5.78 Å². The Morgan fingerprint density at radius 2 is 1.92 bits per heavy atom. The fourth-order valence-corrected chi connectivity index (χ4v) is 4.96. The topological polar surface area (TPSA) is 54.1 Å². The first-order chi connectivity index (χ1) is 12.7. The molecule has 0 aliphatic heterocycles. The summed E-state index contributed by atoms with van der Waals surface area (Å²) in [5, 5.41) is 4.21. The maximum atomic E-state index is 13.4. The van der Waals surface area contributed by atoms with Gasteiger partial charge >= 0.3 is 0 Å². The van der Waals surface area contributed by atoms with Crippen LogP contribution in [0.2, 0.25) is 0 Å². The normalized spacial score (nSPS) is 17.4. The molecular weight excluding hydrogens is 324 g/mol. The van der Waals surface area contributed by atoms with Gasteiger partial charge in [-0.1, -0.05) is 18.9 Å². The van der Waals surface area contributed by atoms with E-state index in [4.69, 9.17) is 4.74 Å². The molecule has 4 nitrogen and oxygen atoms in total. The summed E-state index contributed by atoms with van der Waals surface area (Å²) >= 11 is 0. The lowest BCUT2D eigenvalue weighted by molar-refractivity contribution is 0.103. The lowest BCUT2D eigenvalue weighted by Gasteiger charge is -2.35. The van der Waals surface area contributed by atoms with Crippen molar-refractivity contribution in [2.45, 2.75) is 31.1 Å². The number of benzene rings is 2. The average Bonchev–Trinajstić information content (AvgIpc) is 3.31. The number of hydrogen-bond acceptors (Lipinski definition) is 3. The van der Waals surface area contributed by atoms with E-state index in [1.54, 1.807) is 7.11 Å². The summed E-state index contributed by atoms with van der Waals surface area (Å²) in [6.07, 6.45) is 4.50. The molecule has 0 radical (unpaired) electrons. The van der Waals surface area contributed by atoms with Gasteiger partial charge in [0.25, 0.3) is 0 Å². The molecule has 1 spiro atoms. The zero-order chi connectivity index (χ0) is 17.9. The van der Waals surface area contributed by atoms with Crippen molar-refractivity contribution in [3.05, 3.63) is 58.8 Å². The molecule has 2 aromatic carbocycles. The molecule has 5 rings (SSSR count). The Balaban J connectivity index is 1.84. The molecule has 26 heavy (non-hydrogen) atoms. The number of rotatable bonds is 2. The van der Waals surface area contributed by atoms with Gasteiger partial charge in [0, 0.05) is 40.3 Å². The van der Waals surface area contributed by atoms with Crippen LogP contribution in [0.1, 0.15) is 52.9 Å². The molecule has 2 N–H and O–H groups in total. The molecule has 0 amide bonds. The first kappa shape index (κ1) is 15.5. The van der Waals surface area contributed by atoms with Gasteiger partial charge in [0.2, 0.25) is 0 Å². The van der Waals surface area contributed by atoms with Crippen molar-refractivity contribution in [3.63, 3.8) is 0 Å². The number of H-pyrrole nitrogens is 1. The van der Waals surface area contributed by atoms with Gasteiger partial charge in [-0.15, -0.1) is 0 Å². The van der Waals surface area contributed by atoms with E-state index in [1.165, 1.54) is 12.8 Å². The Hall–Kier alpha value is -2.75. The Morgan fingerprint density at radius 3 is 2.65 bits per heavy atom. The summed E-state index contributed by atoms with van der Waals surface area (Å²) in [7, 11) is 3.59. The molecule has 0 bridgehead atoms. The second-order valence-electron chi connectivity index (χ2n) is 7.42. The first-order valence-corrected chi connectivity index (χ1v) is 9.25. The summed E-state index contributed by atoms with van der Waals surface area (Å²) < 4.78 is 5.47. The van der Waals surface area contributed by atoms with Crippen LogP contribution in [-0.4, -0.2) is 24.9 Å². The van der Waals surface area contributed by atoms with Gasteiger partial charge in [-0.05, 0) is 48.7 Å². The third-order valence-corrected chi connectivity index (χ3v) is 6.24. The number of ketones is 1. The number of methoxy groups -OCH3 is 1. The number of carbonyl (C=O) groups excluding carboxylic acids is 1. The van der Waals surface area contributed by atoms with E-state index in [0.717, 1.165) is 57.6 Å². The van der Waals surface area contributed by atoms with Crippen LogP contribution in [0.15, 0.2) is 36.4 Å². The SMILES string of the molecule is CNc1ccc2c3c([nH]c2c1)C1(CCCC1)c1cc(OC)ccc1C3=O. The highest BCUT2D eigenvalue weighted by atomic mass is 16.5. The van der Waals surface area contributed by atoms with Gasteiger partial charge in [-0.2, -0.15) is 0 Å². The molecule has 0 atom stereocenters. The molecule has 1 heterocycles. The van der Waals surface area contributed by atoms with Gasteiger partial charge in [0.1, 0.15) is 5.75 Å². The molecule has 0 unspecified atom stereocenters. The van der Waals surface area contributed by atoms with Crippen LogP contribution in [-0.2, 0) is 5.41 Å². The van der Waals surface area contributed by atoms with Crippen LogP contribution in [0, 0.1) is 0 Å². The second kappa shape index (κ2) is 5.37. The first-order valence-electron chi connectivity index (χ1n) is 9.25. The lowest BCUT2D eigenvalue weighted by Crippen LogP contribution is -2.33. The van der Waals surface area contributed by atoms with E-state index in [9.17, 15) is 4.79 Å². The fraction of sp³-hybridized carbons (Fsp3) is 0.318. The highest BCUT2D eigenvalue weighted by Gasteiger charge is 2.47. The number of hydrogen-bond donors (Lipinski definition) is 2. The number of nitrogens with one attached hydrogen (secondary N) is 2. The number of fused-ring (bicyclic) bond motifs is 6. The molecule has 132 valence electrons. The van der Waals surface area contributed by atoms with Crippen molar-refractivity contribution in [3.8, 4) is 5.75 Å². The quantitative estimate of drug-likeness (QED) is 0.712. The van der Waals surface area contributed by atoms with Gasteiger partial charge < -0.3 is 15.0 Å². The van der Waals surface area contributed by atoms with E-state index in [2.05, 4.69) is 28.5 Å². The summed E-state index contributed by atoms with van der Waals surface area (Å²) in [6, 6.07) is 12.1. The monoisotopic (exact) mass is 346 g/mol. The Morgan fingerprint density at radius 1 is 1.12 bits per heavy atom. The van der Waals surface area contributed by atoms with Crippen molar-refractivity contribution in [1.29, 1.82) is 0 Å². The number of aromatic nitrogens is 1. The van der Waals surface area contributed by atoms with E-state index in [0.29, 0.717) is 0 Å². The summed E-state index contributed by atoms with van der Waals surface area (Å²) in [5.74, 6) is 0.943. The minimum absolute atomic E-state index is 0.105. The van der Waals surface area contributed by atoms with Crippen LogP contribution < -0.4 is 10.1 Å². The third kappa shape index (κ3) is 1.87. The predicted octanol–water partition coefficient (Wildman–Crippen LogP) is 4.62. The van der Waals surface area contributed by atoms with E-state index < -0.39 is 0 Å². The highest BCUT2D eigenvalue weighted by Crippen LogP contribution is 2.53. The largest absolute Gasteiger partial charge is 0.497 e. The lowest BCUT2D eigenvalue weighted by atomic mass is 9.67. The van der Waals surface area contributed by atoms with Crippen molar-refractivity contribution in [2.75, 3.05) is 19.5 Å². The van der Waals surface area contributed by atoms with Crippen molar-refractivity contribution in [1.82, 2.24) is 4.98 Å². The molecule has 4 heteroatoms. The Labute approximate surface area is 152 Å². The second-order valence-corrected chi connectivity index (χ2v) is 7.42. The molecule has 1 saturated carbocycles. The Kier molecular flexibility index (Phi) is 3.20. The van der Waals surface area contributed by atoms with Crippen molar-refractivity contribution in [2.24, 2.45) is 0 Å². The molecule has 3 aromatic rings. The fourth-order valence-electron chi connectivity index (χ4n) is 4.96. The van der Waals surface area contributed by atoms with Crippen LogP contribution in [0.4, 0.5) is 5.69 Å². The average molecular weight is 346 g/mol. The van der Waals surface area contributed by atoms with Crippen LogP contribution >= 0.6 is 0 Å².